The van der Waals surface area contributed by atoms with Crippen molar-refractivity contribution in [2.75, 3.05) is 5.32 Å². The Morgan fingerprint density at radius 3 is 2.20 bits per heavy atom. The number of benzene rings is 2. The molecular weight excluding hydrogens is 401 g/mol. The number of carbonyl (C=O) groups is 2. The van der Waals surface area contributed by atoms with Crippen molar-refractivity contribution in [1.29, 1.82) is 0 Å². The lowest BCUT2D eigenvalue weighted by atomic mass is 10.1. The Morgan fingerprint density at radius 2 is 1.56 bits per heavy atom. The summed E-state index contributed by atoms with van der Waals surface area (Å²) in [5.41, 5.74) is 1.17. The minimum Gasteiger partial charge on any atom is -0.352 e. The van der Waals surface area contributed by atoms with E-state index in [1.54, 1.807) is 18.2 Å². The van der Waals surface area contributed by atoms with Crippen LogP contribution in [0.25, 0.3) is 0 Å². The van der Waals surface area contributed by atoms with E-state index in [0.29, 0.717) is 5.56 Å². The maximum Gasteiger partial charge on any atom is 0.471 e. The van der Waals surface area contributed by atoms with Crippen molar-refractivity contribution < 1.29 is 22.8 Å². The molecule has 0 aromatic heterocycles. The summed E-state index contributed by atoms with van der Waals surface area (Å²) in [5.74, 6) is -2.34. The van der Waals surface area contributed by atoms with E-state index in [1.165, 1.54) is 18.2 Å². The molecule has 0 saturated heterocycles. The highest BCUT2D eigenvalue weighted by Crippen LogP contribution is 2.21. The number of hydrogen-bond donors (Lipinski definition) is 2. The molecule has 8 heteroatoms. The third-order valence-electron chi connectivity index (χ3n) is 3.31. The summed E-state index contributed by atoms with van der Waals surface area (Å²) in [6, 6.07) is 13.2. The van der Waals surface area contributed by atoms with Crippen molar-refractivity contribution in [1.82, 2.24) is 5.32 Å². The number of amides is 2. The van der Waals surface area contributed by atoms with Gasteiger partial charge in [-0.1, -0.05) is 52.3 Å². The molecule has 0 spiro atoms. The maximum atomic E-state index is 12.4. The molecule has 0 bridgehead atoms. The fourth-order valence-corrected chi connectivity index (χ4v) is 2.49. The second kappa shape index (κ2) is 8.15. The highest BCUT2D eigenvalue weighted by molar-refractivity contribution is 9.10. The summed E-state index contributed by atoms with van der Waals surface area (Å²) >= 11 is 3.34. The molecule has 2 amide bonds. The lowest BCUT2D eigenvalue weighted by Gasteiger charge is -2.13. The van der Waals surface area contributed by atoms with E-state index in [-0.39, 0.29) is 24.6 Å². The van der Waals surface area contributed by atoms with Crippen molar-refractivity contribution in [3.05, 3.63) is 64.1 Å². The molecule has 0 aliphatic rings. The topological polar surface area (TPSA) is 58.2 Å². The lowest BCUT2D eigenvalue weighted by molar-refractivity contribution is -0.167. The minimum atomic E-state index is -4.98. The molecule has 0 aliphatic heterocycles. The molecule has 0 atom stereocenters. The third-order valence-corrected chi connectivity index (χ3v) is 4.08. The summed E-state index contributed by atoms with van der Waals surface area (Å²) in [6.07, 6.45) is -4.85. The van der Waals surface area contributed by atoms with Crippen LogP contribution in [0.1, 0.15) is 11.1 Å². The van der Waals surface area contributed by atoms with Gasteiger partial charge in [-0.15, -0.1) is 0 Å². The number of nitrogens with one attached hydrogen (secondary N) is 2. The smallest absolute Gasteiger partial charge is 0.352 e. The zero-order valence-corrected chi connectivity index (χ0v) is 14.4. The van der Waals surface area contributed by atoms with E-state index in [2.05, 4.69) is 21.2 Å². The van der Waals surface area contributed by atoms with Crippen molar-refractivity contribution in [3.8, 4) is 0 Å². The van der Waals surface area contributed by atoms with Crippen LogP contribution in [0.5, 0.6) is 0 Å². The van der Waals surface area contributed by atoms with Crippen LogP contribution in [-0.2, 0) is 22.6 Å². The van der Waals surface area contributed by atoms with Gasteiger partial charge in [-0.2, -0.15) is 13.2 Å². The van der Waals surface area contributed by atoms with E-state index in [4.69, 9.17) is 0 Å². The van der Waals surface area contributed by atoms with Crippen LogP contribution in [0.4, 0.5) is 18.9 Å². The summed E-state index contributed by atoms with van der Waals surface area (Å²) in [6.45, 7) is -0.00238. The van der Waals surface area contributed by atoms with Gasteiger partial charge in [0.05, 0.1) is 6.42 Å². The predicted molar refractivity (Wildman–Crippen MR) is 90.8 cm³/mol. The van der Waals surface area contributed by atoms with Gasteiger partial charge in [0.1, 0.15) is 0 Å². The largest absolute Gasteiger partial charge is 0.471 e. The van der Waals surface area contributed by atoms with Crippen LogP contribution in [0.15, 0.2) is 53.0 Å². The number of hydrogen-bond acceptors (Lipinski definition) is 2. The minimum absolute atomic E-state index is 0.00238. The molecule has 0 radical (unpaired) electrons. The first-order chi connectivity index (χ1) is 11.8. The zero-order valence-electron chi connectivity index (χ0n) is 12.9. The third kappa shape index (κ3) is 5.60. The molecular formula is C17H14BrF3N2O2. The average molecular weight is 415 g/mol. The summed E-state index contributed by atoms with van der Waals surface area (Å²) in [7, 11) is 0. The van der Waals surface area contributed by atoms with Crippen molar-refractivity contribution in [2.24, 2.45) is 0 Å². The molecule has 2 N–H and O–H groups in total. The zero-order chi connectivity index (χ0) is 18.4. The molecule has 0 aliphatic carbocycles. The van der Waals surface area contributed by atoms with Crippen LogP contribution in [0.3, 0.4) is 0 Å². The first-order valence-corrected chi connectivity index (χ1v) is 8.03. The van der Waals surface area contributed by atoms with Gasteiger partial charge < -0.3 is 10.6 Å². The SMILES string of the molecule is O=C(Cc1ccccc1Br)NCc1ccccc1NC(=O)C(F)(F)F. The lowest BCUT2D eigenvalue weighted by Crippen LogP contribution is -2.31. The van der Waals surface area contributed by atoms with E-state index < -0.39 is 12.1 Å². The standard InChI is InChI=1S/C17H14BrF3N2O2/c18-13-7-3-1-5-11(13)9-15(24)22-10-12-6-2-4-8-14(12)23-16(25)17(19,20)21/h1-8H,9-10H2,(H,22,24)(H,23,25). The highest BCUT2D eigenvalue weighted by atomic mass is 79.9. The Bertz CT molecular complexity index is 778. The molecule has 0 heterocycles. The Balaban J connectivity index is 2.00. The van der Waals surface area contributed by atoms with Gasteiger partial charge in [0.15, 0.2) is 0 Å². The Kier molecular flexibility index (Phi) is 6.19. The summed E-state index contributed by atoms with van der Waals surface area (Å²) in [4.78, 5) is 23.1. The van der Waals surface area contributed by atoms with Crippen molar-refractivity contribution in [2.45, 2.75) is 19.1 Å². The summed E-state index contributed by atoms with van der Waals surface area (Å²) < 4.78 is 37.9. The maximum absolute atomic E-state index is 12.4. The van der Waals surface area contributed by atoms with Gasteiger partial charge in [0.2, 0.25) is 5.91 Å². The van der Waals surface area contributed by atoms with E-state index in [0.717, 1.165) is 10.0 Å². The molecule has 0 saturated carbocycles. The second-order valence-electron chi connectivity index (χ2n) is 5.15. The Labute approximate surface area is 150 Å². The second-order valence-corrected chi connectivity index (χ2v) is 6.01. The van der Waals surface area contributed by atoms with E-state index in [9.17, 15) is 22.8 Å². The number of carbonyl (C=O) groups excluding carboxylic acids is 2. The molecule has 132 valence electrons. The Morgan fingerprint density at radius 1 is 0.960 bits per heavy atom. The van der Waals surface area contributed by atoms with Gasteiger partial charge in [-0.3, -0.25) is 9.59 Å². The summed E-state index contributed by atoms with van der Waals surface area (Å²) in [5, 5.41) is 4.45. The van der Waals surface area contributed by atoms with Crippen LogP contribution in [0.2, 0.25) is 0 Å². The monoisotopic (exact) mass is 414 g/mol. The first kappa shape index (κ1) is 19.0. The molecule has 2 rings (SSSR count). The normalized spacial score (nSPS) is 11.0. The highest BCUT2D eigenvalue weighted by Gasteiger charge is 2.38. The number of alkyl halides is 3. The molecule has 0 fully saturated rings. The van der Waals surface area contributed by atoms with Crippen molar-refractivity contribution in [3.63, 3.8) is 0 Å². The molecule has 2 aromatic carbocycles. The Hall–Kier alpha value is -2.35. The quantitative estimate of drug-likeness (QED) is 0.781. The predicted octanol–water partition coefficient (Wildman–Crippen LogP) is 3.81. The van der Waals surface area contributed by atoms with Gasteiger partial charge in [0, 0.05) is 16.7 Å². The number of para-hydroxylation sites is 1. The van der Waals surface area contributed by atoms with Crippen LogP contribution in [0, 0.1) is 0 Å². The fourth-order valence-electron chi connectivity index (χ4n) is 2.06. The van der Waals surface area contributed by atoms with Gasteiger partial charge in [0.25, 0.3) is 0 Å². The van der Waals surface area contributed by atoms with E-state index >= 15 is 0 Å². The molecule has 25 heavy (non-hydrogen) atoms. The van der Waals surface area contributed by atoms with Crippen molar-refractivity contribution >= 4 is 33.4 Å². The van der Waals surface area contributed by atoms with E-state index in [1.807, 2.05) is 17.4 Å². The number of rotatable bonds is 5. The van der Waals surface area contributed by atoms with Gasteiger partial charge >= 0.3 is 12.1 Å². The molecule has 4 nitrogen and oxygen atoms in total. The van der Waals surface area contributed by atoms with Gasteiger partial charge in [-0.05, 0) is 23.3 Å². The van der Waals surface area contributed by atoms with Crippen LogP contribution < -0.4 is 10.6 Å². The molecule has 2 aromatic rings. The molecule has 0 unspecified atom stereocenters. The number of halogens is 4. The first-order valence-electron chi connectivity index (χ1n) is 7.23. The van der Waals surface area contributed by atoms with Crippen LogP contribution in [-0.4, -0.2) is 18.0 Å². The van der Waals surface area contributed by atoms with Crippen LogP contribution >= 0.6 is 15.9 Å². The average Bonchev–Trinajstić information content (AvgIpc) is 2.55. The fraction of sp³-hybridized carbons (Fsp3) is 0.176. The number of anilines is 1. The van der Waals surface area contributed by atoms with Gasteiger partial charge in [-0.25, -0.2) is 0 Å².